The Morgan fingerprint density at radius 2 is 1.89 bits per heavy atom. The molecule has 0 unspecified atom stereocenters. The van der Waals surface area contributed by atoms with Crippen molar-refractivity contribution in [2.75, 3.05) is 33.4 Å². The molecule has 236 valence electrons. The Hall–Kier alpha value is -4.37. The van der Waals surface area contributed by atoms with Crippen molar-refractivity contribution in [1.82, 2.24) is 20.9 Å². The van der Waals surface area contributed by atoms with Crippen LogP contribution < -0.4 is 30.2 Å². The van der Waals surface area contributed by atoms with Gasteiger partial charge in [-0.2, -0.15) is 0 Å². The van der Waals surface area contributed by atoms with Crippen molar-refractivity contribution < 1.29 is 23.8 Å². The summed E-state index contributed by atoms with van der Waals surface area (Å²) in [5, 5.41) is 9.93. The molecule has 0 atom stereocenters. The molecule has 1 aliphatic heterocycles. The number of hydrogen-bond donors (Lipinski definition) is 3. The summed E-state index contributed by atoms with van der Waals surface area (Å²) in [4.78, 5) is 29.9. The Balaban J connectivity index is 1.05. The van der Waals surface area contributed by atoms with E-state index in [1.807, 2.05) is 36.4 Å². The maximum atomic E-state index is 12.8. The number of aromatic nitrogens is 1. The van der Waals surface area contributed by atoms with Gasteiger partial charge in [0.05, 0.1) is 24.8 Å². The van der Waals surface area contributed by atoms with Crippen LogP contribution in [0.15, 0.2) is 66.1 Å². The molecule has 3 N–H and O–H groups in total. The van der Waals surface area contributed by atoms with Crippen molar-refractivity contribution in [3.63, 3.8) is 0 Å². The second-order valence-corrected chi connectivity index (χ2v) is 12.3. The molecule has 2 fully saturated rings. The molecular formula is C36H42N4O5. The molecule has 4 aliphatic rings. The van der Waals surface area contributed by atoms with Gasteiger partial charge in [-0.25, -0.2) is 0 Å². The molecule has 2 bridgehead atoms. The van der Waals surface area contributed by atoms with Crippen LogP contribution in [-0.2, 0) is 22.4 Å². The fourth-order valence-corrected chi connectivity index (χ4v) is 6.63. The van der Waals surface area contributed by atoms with Crippen LogP contribution in [0.25, 0.3) is 10.9 Å². The lowest BCUT2D eigenvalue weighted by atomic mass is 9.68. The third kappa shape index (κ3) is 6.68. The highest BCUT2D eigenvalue weighted by molar-refractivity contribution is 6.35. The number of methoxy groups -OCH3 is 1. The van der Waals surface area contributed by atoms with Crippen LogP contribution in [0, 0.1) is 12.8 Å². The average Bonchev–Trinajstić information content (AvgIpc) is 3.04. The van der Waals surface area contributed by atoms with Crippen LogP contribution in [0.4, 0.5) is 0 Å². The van der Waals surface area contributed by atoms with Gasteiger partial charge in [0.1, 0.15) is 11.5 Å². The van der Waals surface area contributed by atoms with Gasteiger partial charge in [0.2, 0.25) is 0 Å². The zero-order valence-electron chi connectivity index (χ0n) is 26.3. The van der Waals surface area contributed by atoms with E-state index in [0.29, 0.717) is 55.6 Å². The Morgan fingerprint density at radius 1 is 1.07 bits per heavy atom. The van der Waals surface area contributed by atoms with Crippen molar-refractivity contribution in [2.45, 2.75) is 57.9 Å². The van der Waals surface area contributed by atoms with Gasteiger partial charge in [0, 0.05) is 24.2 Å². The van der Waals surface area contributed by atoms with Crippen LogP contribution in [0.3, 0.4) is 0 Å². The molecule has 3 aromatic rings. The first-order valence-corrected chi connectivity index (χ1v) is 15.9. The first kappa shape index (κ1) is 30.6. The highest BCUT2D eigenvalue weighted by atomic mass is 16.5. The number of piperidine rings is 1. The molecule has 0 spiro atoms. The second-order valence-electron chi connectivity index (χ2n) is 12.3. The smallest absolute Gasteiger partial charge is 0.310 e. The molecule has 2 heterocycles. The standard InChI is InChI=1S/C36H42N4O5/c1-4-27-23(2)6-5-7-25(27)11-16-39-34(41)35(42)40-36-13-8-30(26(20-36)21-36)45-31-12-17-38-29-19-33(32(43-3)18-28(29)31)44-22-24-9-14-37-15-10-24/h5-8,12-13,17-19,24,37H,4,9-11,14-16,20-22H2,1-3H3,(H,39,41)(H,40,42). The molecule has 2 aromatic carbocycles. The topological polar surface area (TPSA) is 111 Å². The molecule has 0 radical (unpaired) electrons. The summed E-state index contributed by atoms with van der Waals surface area (Å²) < 4.78 is 18.3. The summed E-state index contributed by atoms with van der Waals surface area (Å²) in [6.07, 6.45) is 10.6. The minimum absolute atomic E-state index is 0.408. The van der Waals surface area contributed by atoms with E-state index in [1.54, 1.807) is 13.3 Å². The van der Waals surface area contributed by atoms with Crippen LogP contribution in [-0.4, -0.2) is 55.7 Å². The van der Waals surface area contributed by atoms with E-state index < -0.39 is 17.4 Å². The lowest BCUT2D eigenvalue weighted by Crippen LogP contribution is -2.58. The van der Waals surface area contributed by atoms with Gasteiger partial charge in [-0.05, 0) is 105 Å². The number of fused-ring (bicyclic) bond motifs is 2. The number of aryl methyl sites for hydroxylation is 1. The molecule has 7 rings (SSSR count). The highest BCUT2D eigenvalue weighted by Gasteiger charge is 2.45. The minimum atomic E-state index is -0.617. The van der Waals surface area contributed by atoms with E-state index in [2.05, 4.69) is 46.9 Å². The fraction of sp³-hybridized carbons (Fsp3) is 0.417. The quantitative estimate of drug-likeness (QED) is 0.270. The van der Waals surface area contributed by atoms with E-state index in [-0.39, 0.29) is 0 Å². The Morgan fingerprint density at radius 3 is 2.62 bits per heavy atom. The van der Waals surface area contributed by atoms with Crippen LogP contribution in [0.5, 0.6) is 17.2 Å². The van der Waals surface area contributed by atoms with Crippen LogP contribution in [0.1, 0.15) is 49.3 Å². The molecule has 1 saturated carbocycles. The molecule has 2 amide bonds. The van der Waals surface area contributed by atoms with Gasteiger partial charge in [-0.3, -0.25) is 14.6 Å². The molecule has 45 heavy (non-hydrogen) atoms. The normalized spacial score (nSPS) is 17.0. The minimum Gasteiger partial charge on any atom is -0.493 e. The molecule has 9 heteroatoms. The zero-order chi connectivity index (χ0) is 31.4. The maximum absolute atomic E-state index is 12.8. The number of amides is 2. The van der Waals surface area contributed by atoms with E-state index in [9.17, 15) is 9.59 Å². The number of ether oxygens (including phenoxy) is 3. The third-order valence-electron chi connectivity index (χ3n) is 9.21. The number of nitrogens with one attached hydrogen (secondary N) is 3. The largest absolute Gasteiger partial charge is 0.493 e. The van der Waals surface area contributed by atoms with E-state index in [4.69, 9.17) is 14.2 Å². The Bertz CT molecular complexity index is 1650. The Labute approximate surface area is 264 Å². The van der Waals surface area contributed by atoms with Gasteiger partial charge < -0.3 is 30.2 Å². The summed E-state index contributed by atoms with van der Waals surface area (Å²) in [5.74, 6) is 2.02. The lowest BCUT2D eigenvalue weighted by Gasteiger charge is -2.45. The maximum Gasteiger partial charge on any atom is 0.310 e. The summed E-state index contributed by atoms with van der Waals surface area (Å²) in [7, 11) is 1.64. The monoisotopic (exact) mass is 610 g/mol. The van der Waals surface area contributed by atoms with Crippen molar-refractivity contribution in [3.8, 4) is 17.2 Å². The van der Waals surface area contributed by atoms with Gasteiger partial charge in [-0.1, -0.05) is 31.2 Å². The lowest BCUT2D eigenvalue weighted by molar-refractivity contribution is -0.140. The molecule has 9 nitrogen and oxygen atoms in total. The predicted molar refractivity (Wildman–Crippen MR) is 174 cm³/mol. The summed E-state index contributed by atoms with van der Waals surface area (Å²) in [6, 6.07) is 11.9. The number of hydrogen-bond acceptors (Lipinski definition) is 7. The van der Waals surface area contributed by atoms with Gasteiger partial charge in [0.25, 0.3) is 0 Å². The number of allylic oxidation sites excluding steroid dienone is 1. The summed E-state index contributed by atoms with van der Waals surface area (Å²) in [5.41, 5.74) is 5.03. The highest BCUT2D eigenvalue weighted by Crippen LogP contribution is 2.45. The SMILES string of the molecule is CCc1c(C)cccc1CCNC(=O)C(=O)NC12C=CC(Oc3ccnc4cc(OCC5CCNCC5)c(OC)cc34)=C(C1)C2. The number of rotatable bonds is 11. The van der Waals surface area contributed by atoms with E-state index >= 15 is 0 Å². The number of pyridine rings is 1. The fourth-order valence-electron chi connectivity index (χ4n) is 6.63. The van der Waals surface area contributed by atoms with Gasteiger partial charge in [0.15, 0.2) is 11.5 Å². The predicted octanol–water partition coefficient (Wildman–Crippen LogP) is 4.70. The van der Waals surface area contributed by atoms with Gasteiger partial charge in [-0.15, -0.1) is 0 Å². The van der Waals surface area contributed by atoms with Crippen molar-refractivity contribution >= 4 is 22.7 Å². The number of nitrogens with zero attached hydrogens (tertiary/aromatic N) is 1. The number of carbonyl (C=O) groups excluding carboxylic acids is 2. The van der Waals surface area contributed by atoms with Crippen molar-refractivity contribution in [1.29, 1.82) is 0 Å². The molecular weight excluding hydrogens is 568 g/mol. The second kappa shape index (κ2) is 13.3. The number of benzene rings is 2. The Kier molecular flexibility index (Phi) is 9.07. The third-order valence-corrected chi connectivity index (χ3v) is 9.21. The number of carbonyl (C=O) groups is 2. The average molecular weight is 611 g/mol. The molecule has 1 saturated heterocycles. The zero-order valence-corrected chi connectivity index (χ0v) is 26.3. The first-order chi connectivity index (χ1) is 21.9. The first-order valence-electron chi connectivity index (χ1n) is 15.9. The van der Waals surface area contributed by atoms with Crippen molar-refractivity contribution in [2.24, 2.45) is 5.92 Å². The van der Waals surface area contributed by atoms with Crippen LogP contribution >= 0.6 is 0 Å². The van der Waals surface area contributed by atoms with Crippen LogP contribution in [0.2, 0.25) is 0 Å². The van der Waals surface area contributed by atoms with Crippen molar-refractivity contribution in [3.05, 3.63) is 82.8 Å². The summed E-state index contributed by atoms with van der Waals surface area (Å²) >= 11 is 0. The summed E-state index contributed by atoms with van der Waals surface area (Å²) in [6.45, 7) is 7.33. The van der Waals surface area contributed by atoms with E-state index in [1.165, 1.54) is 16.7 Å². The van der Waals surface area contributed by atoms with E-state index in [0.717, 1.165) is 54.6 Å². The molecule has 3 aliphatic carbocycles. The van der Waals surface area contributed by atoms with Gasteiger partial charge >= 0.3 is 11.8 Å². The molecule has 1 aromatic heterocycles.